The summed E-state index contributed by atoms with van der Waals surface area (Å²) in [6.45, 7) is 7.36. The van der Waals surface area contributed by atoms with Crippen molar-refractivity contribution in [1.82, 2.24) is 9.88 Å². The molecule has 1 heterocycles. The Balaban J connectivity index is 1.91. The lowest BCUT2D eigenvalue weighted by Gasteiger charge is -2.35. The van der Waals surface area contributed by atoms with E-state index in [4.69, 9.17) is 0 Å². The lowest BCUT2D eigenvalue weighted by atomic mass is 9.80. The summed E-state index contributed by atoms with van der Waals surface area (Å²) in [5.41, 5.74) is 1.11. The summed E-state index contributed by atoms with van der Waals surface area (Å²) < 4.78 is 0. The molecule has 2 rings (SSSR count). The van der Waals surface area contributed by atoms with E-state index in [1.165, 1.54) is 6.42 Å². The van der Waals surface area contributed by atoms with Crippen LogP contribution in [0.25, 0.3) is 0 Å². The van der Waals surface area contributed by atoms with Crippen LogP contribution < -0.4 is 0 Å². The largest absolute Gasteiger partial charge is 0.393 e. The minimum Gasteiger partial charge on any atom is -0.393 e. The first kappa shape index (κ1) is 14.5. The highest BCUT2D eigenvalue weighted by Gasteiger charge is 2.28. The molecule has 3 nitrogen and oxygen atoms in total. The van der Waals surface area contributed by atoms with Gasteiger partial charge in [-0.1, -0.05) is 19.9 Å². The number of aliphatic hydroxyl groups is 1. The van der Waals surface area contributed by atoms with Crippen molar-refractivity contribution in [2.24, 2.45) is 11.8 Å². The molecule has 3 heteroatoms. The minimum absolute atomic E-state index is 0.117. The van der Waals surface area contributed by atoms with Crippen molar-refractivity contribution in [3.05, 3.63) is 30.1 Å². The van der Waals surface area contributed by atoms with Gasteiger partial charge in [0.2, 0.25) is 0 Å². The zero-order chi connectivity index (χ0) is 13.7. The smallest absolute Gasteiger partial charge is 0.0580 e. The van der Waals surface area contributed by atoms with E-state index in [2.05, 4.69) is 29.8 Å². The summed E-state index contributed by atoms with van der Waals surface area (Å²) in [5.74, 6) is 1.18. The van der Waals surface area contributed by atoms with Gasteiger partial charge in [0.05, 0.1) is 11.8 Å². The molecule has 1 aliphatic rings. The van der Waals surface area contributed by atoms with Crippen LogP contribution in [-0.2, 0) is 6.54 Å². The normalized spacial score (nSPS) is 27.7. The fourth-order valence-corrected chi connectivity index (χ4v) is 3.04. The van der Waals surface area contributed by atoms with Crippen molar-refractivity contribution in [1.29, 1.82) is 0 Å². The van der Waals surface area contributed by atoms with Gasteiger partial charge in [-0.3, -0.25) is 9.88 Å². The van der Waals surface area contributed by atoms with Crippen LogP contribution in [0.15, 0.2) is 24.4 Å². The molecule has 0 bridgehead atoms. The summed E-state index contributed by atoms with van der Waals surface area (Å²) in [6, 6.07) is 6.06. The number of aliphatic hydroxyl groups excluding tert-OH is 1. The van der Waals surface area contributed by atoms with Gasteiger partial charge in [-0.05, 0) is 49.8 Å². The van der Waals surface area contributed by atoms with Crippen molar-refractivity contribution in [3.8, 4) is 0 Å². The Morgan fingerprint density at radius 1 is 1.37 bits per heavy atom. The molecule has 1 N–H and O–H groups in total. The lowest BCUT2D eigenvalue weighted by molar-refractivity contribution is 0.0298. The van der Waals surface area contributed by atoms with Gasteiger partial charge in [0, 0.05) is 19.3 Å². The molecule has 1 aromatic rings. The van der Waals surface area contributed by atoms with E-state index in [0.717, 1.165) is 44.1 Å². The molecule has 0 saturated heterocycles. The van der Waals surface area contributed by atoms with Gasteiger partial charge in [-0.2, -0.15) is 0 Å². The average Bonchev–Trinajstić information content (AvgIpc) is 2.43. The Hall–Kier alpha value is -0.930. The van der Waals surface area contributed by atoms with Crippen molar-refractivity contribution in [3.63, 3.8) is 0 Å². The van der Waals surface area contributed by atoms with Gasteiger partial charge in [-0.15, -0.1) is 0 Å². The number of rotatable bonds is 5. The second-order valence-corrected chi connectivity index (χ2v) is 5.89. The van der Waals surface area contributed by atoms with Crippen LogP contribution in [-0.4, -0.2) is 34.2 Å². The molecule has 0 amide bonds. The summed E-state index contributed by atoms with van der Waals surface area (Å²) in [5, 5.41) is 10.2. The monoisotopic (exact) mass is 262 g/mol. The molecular weight excluding hydrogens is 236 g/mol. The van der Waals surface area contributed by atoms with E-state index < -0.39 is 0 Å². The maximum absolute atomic E-state index is 10.2. The standard InChI is InChI=1S/C16H26N2O/c1-3-18(12-15-6-4-5-9-17-15)11-14-10-13(2)7-8-16(14)19/h4-6,9,13-14,16,19H,3,7-8,10-12H2,1-2H3. The van der Waals surface area contributed by atoms with E-state index in [1.54, 1.807) is 0 Å². The van der Waals surface area contributed by atoms with E-state index in [9.17, 15) is 5.11 Å². The SMILES string of the molecule is CCN(Cc1ccccn1)CC1CC(C)CCC1O. The predicted molar refractivity (Wildman–Crippen MR) is 77.7 cm³/mol. The Bertz CT molecular complexity index is 368. The number of hydrogen-bond acceptors (Lipinski definition) is 3. The molecule has 1 fully saturated rings. The molecule has 1 aromatic heterocycles. The van der Waals surface area contributed by atoms with Gasteiger partial charge in [0.25, 0.3) is 0 Å². The molecule has 0 aliphatic heterocycles. The minimum atomic E-state index is -0.117. The highest BCUT2D eigenvalue weighted by Crippen LogP contribution is 2.29. The van der Waals surface area contributed by atoms with Gasteiger partial charge < -0.3 is 5.11 Å². The number of aromatic nitrogens is 1. The van der Waals surface area contributed by atoms with Crippen LogP contribution in [0.5, 0.6) is 0 Å². The van der Waals surface area contributed by atoms with E-state index in [1.807, 2.05) is 18.3 Å². The Morgan fingerprint density at radius 3 is 2.89 bits per heavy atom. The van der Waals surface area contributed by atoms with Crippen molar-refractivity contribution < 1.29 is 5.11 Å². The highest BCUT2D eigenvalue weighted by atomic mass is 16.3. The van der Waals surface area contributed by atoms with Crippen molar-refractivity contribution in [2.45, 2.75) is 45.8 Å². The van der Waals surface area contributed by atoms with Crippen LogP contribution in [0.1, 0.15) is 38.8 Å². The quantitative estimate of drug-likeness (QED) is 0.886. The third-order valence-electron chi connectivity index (χ3n) is 4.26. The summed E-state index contributed by atoms with van der Waals surface area (Å²) in [6.07, 6.45) is 5.02. The summed E-state index contributed by atoms with van der Waals surface area (Å²) in [7, 11) is 0. The van der Waals surface area contributed by atoms with Gasteiger partial charge in [0.15, 0.2) is 0 Å². The lowest BCUT2D eigenvalue weighted by Crippen LogP contribution is -2.38. The fourth-order valence-electron chi connectivity index (χ4n) is 3.04. The zero-order valence-electron chi connectivity index (χ0n) is 12.1. The van der Waals surface area contributed by atoms with Gasteiger partial charge in [0.1, 0.15) is 0 Å². The summed E-state index contributed by atoms with van der Waals surface area (Å²) >= 11 is 0. The first-order valence-electron chi connectivity index (χ1n) is 7.49. The fraction of sp³-hybridized carbons (Fsp3) is 0.688. The maximum atomic E-state index is 10.2. The molecule has 106 valence electrons. The zero-order valence-corrected chi connectivity index (χ0v) is 12.1. The highest BCUT2D eigenvalue weighted by molar-refractivity contribution is 5.03. The molecule has 3 unspecified atom stereocenters. The third kappa shape index (κ3) is 4.29. The molecule has 0 radical (unpaired) electrons. The van der Waals surface area contributed by atoms with Gasteiger partial charge >= 0.3 is 0 Å². The second kappa shape index (κ2) is 7.01. The first-order valence-corrected chi connectivity index (χ1v) is 7.49. The van der Waals surface area contributed by atoms with Crippen molar-refractivity contribution in [2.75, 3.05) is 13.1 Å². The van der Waals surface area contributed by atoms with Gasteiger partial charge in [-0.25, -0.2) is 0 Å². The third-order valence-corrected chi connectivity index (χ3v) is 4.26. The number of hydrogen-bond donors (Lipinski definition) is 1. The topological polar surface area (TPSA) is 36.4 Å². The second-order valence-electron chi connectivity index (χ2n) is 5.89. The molecule has 0 aromatic carbocycles. The molecule has 1 saturated carbocycles. The van der Waals surface area contributed by atoms with Crippen LogP contribution in [0.3, 0.4) is 0 Å². The Morgan fingerprint density at radius 2 is 2.21 bits per heavy atom. The van der Waals surface area contributed by atoms with E-state index in [0.29, 0.717) is 5.92 Å². The van der Waals surface area contributed by atoms with Crippen molar-refractivity contribution >= 4 is 0 Å². The first-order chi connectivity index (χ1) is 9.19. The van der Waals surface area contributed by atoms with Crippen LogP contribution >= 0.6 is 0 Å². The average molecular weight is 262 g/mol. The van der Waals surface area contributed by atoms with E-state index in [-0.39, 0.29) is 6.10 Å². The Labute approximate surface area is 116 Å². The number of pyridine rings is 1. The number of nitrogens with zero attached hydrogens (tertiary/aromatic N) is 2. The molecule has 3 atom stereocenters. The van der Waals surface area contributed by atoms with E-state index >= 15 is 0 Å². The Kier molecular flexibility index (Phi) is 5.34. The van der Waals surface area contributed by atoms with Crippen LogP contribution in [0.4, 0.5) is 0 Å². The molecule has 0 spiro atoms. The molecule has 19 heavy (non-hydrogen) atoms. The predicted octanol–water partition coefficient (Wildman–Crippen LogP) is 2.70. The molecule has 1 aliphatic carbocycles. The molecular formula is C16H26N2O. The summed E-state index contributed by atoms with van der Waals surface area (Å²) in [4.78, 5) is 6.79. The van der Waals surface area contributed by atoms with Crippen LogP contribution in [0.2, 0.25) is 0 Å². The maximum Gasteiger partial charge on any atom is 0.0580 e. The van der Waals surface area contributed by atoms with Crippen LogP contribution in [0, 0.1) is 11.8 Å².